The van der Waals surface area contributed by atoms with Gasteiger partial charge in [-0.2, -0.15) is 0 Å². The second-order valence-electron chi connectivity index (χ2n) is 6.51. The van der Waals surface area contributed by atoms with E-state index >= 15 is 0 Å². The number of piperidine rings is 1. The first-order chi connectivity index (χ1) is 11.6. The van der Waals surface area contributed by atoms with E-state index in [4.69, 9.17) is 0 Å². The van der Waals surface area contributed by atoms with Gasteiger partial charge < -0.3 is 10.2 Å². The third-order valence-electron chi connectivity index (χ3n) is 4.43. The molecule has 0 spiro atoms. The molecule has 1 aliphatic rings. The van der Waals surface area contributed by atoms with Crippen molar-refractivity contribution in [3.8, 4) is 11.3 Å². The van der Waals surface area contributed by atoms with Gasteiger partial charge in [-0.1, -0.05) is 5.21 Å². The maximum Gasteiger partial charge on any atom is 0.242 e. The van der Waals surface area contributed by atoms with Crippen LogP contribution in [0, 0.1) is 0 Å². The van der Waals surface area contributed by atoms with Crippen LogP contribution in [-0.4, -0.2) is 56.0 Å². The maximum absolute atomic E-state index is 12.2. The lowest BCUT2D eigenvalue weighted by molar-refractivity contribution is -0.122. The zero-order valence-electron chi connectivity index (χ0n) is 14.2. The van der Waals surface area contributed by atoms with Crippen molar-refractivity contribution in [2.45, 2.75) is 45.3 Å². The van der Waals surface area contributed by atoms with Crippen LogP contribution in [-0.2, 0) is 11.3 Å². The minimum Gasteiger partial charge on any atom is -0.352 e. The minimum absolute atomic E-state index is 0.0133. The number of hydrogen-bond donors (Lipinski definition) is 1. The third-order valence-corrected chi connectivity index (χ3v) is 4.43. The van der Waals surface area contributed by atoms with Crippen LogP contribution in [0.15, 0.2) is 30.7 Å². The van der Waals surface area contributed by atoms with Crippen molar-refractivity contribution in [1.82, 2.24) is 30.2 Å². The molecule has 1 N–H and O–H groups in total. The lowest BCUT2D eigenvalue weighted by Gasteiger charge is -2.34. The van der Waals surface area contributed by atoms with E-state index in [9.17, 15) is 4.79 Å². The summed E-state index contributed by atoms with van der Waals surface area (Å²) in [6, 6.07) is 4.60. The van der Waals surface area contributed by atoms with Crippen molar-refractivity contribution >= 4 is 5.91 Å². The minimum atomic E-state index is -0.0133. The highest BCUT2D eigenvalue weighted by Gasteiger charge is 2.22. The molecule has 0 aliphatic carbocycles. The molecular weight excluding hydrogens is 304 g/mol. The molecule has 7 heteroatoms. The average Bonchev–Trinajstić information content (AvgIpc) is 3.04. The van der Waals surface area contributed by atoms with E-state index in [0.717, 1.165) is 37.2 Å². The van der Waals surface area contributed by atoms with Gasteiger partial charge in [0.05, 0.1) is 6.20 Å². The van der Waals surface area contributed by atoms with Crippen molar-refractivity contribution in [2.24, 2.45) is 0 Å². The van der Waals surface area contributed by atoms with Crippen LogP contribution in [0.25, 0.3) is 11.3 Å². The molecule has 24 heavy (non-hydrogen) atoms. The smallest absolute Gasteiger partial charge is 0.242 e. The van der Waals surface area contributed by atoms with E-state index in [2.05, 4.69) is 39.4 Å². The first kappa shape index (κ1) is 16.6. The molecule has 0 bridgehead atoms. The van der Waals surface area contributed by atoms with Crippen LogP contribution in [0.5, 0.6) is 0 Å². The van der Waals surface area contributed by atoms with Gasteiger partial charge in [-0.05, 0) is 38.8 Å². The Kier molecular flexibility index (Phi) is 5.20. The standard InChI is InChI=1S/C17H24N6O/c1-13(2)22-8-5-15(6-9-22)19-17(24)12-23-11-16(20-21-23)14-4-3-7-18-10-14/h3-4,7,10-11,13,15H,5-6,8-9,12H2,1-2H3,(H,19,24). The van der Waals surface area contributed by atoms with Crippen molar-refractivity contribution < 1.29 is 4.79 Å². The molecule has 1 aliphatic heterocycles. The number of rotatable bonds is 5. The van der Waals surface area contributed by atoms with Crippen molar-refractivity contribution in [2.75, 3.05) is 13.1 Å². The Labute approximate surface area is 142 Å². The number of nitrogens with one attached hydrogen (secondary N) is 1. The Balaban J connectivity index is 1.50. The van der Waals surface area contributed by atoms with Crippen LogP contribution in [0.2, 0.25) is 0 Å². The molecule has 1 fully saturated rings. The predicted molar refractivity (Wildman–Crippen MR) is 91.1 cm³/mol. The number of hydrogen-bond acceptors (Lipinski definition) is 5. The fourth-order valence-electron chi connectivity index (χ4n) is 3.00. The largest absolute Gasteiger partial charge is 0.352 e. The molecule has 0 saturated carbocycles. The summed E-state index contributed by atoms with van der Waals surface area (Å²) in [5.74, 6) is -0.0133. The summed E-state index contributed by atoms with van der Waals surface area (Å²) in [6.45, 7) is 6.69. The highest BCUT2D eigenvalue weighted by Crippen LogP contribution is 2.14. The summed E-state index contributed by atoms with van der Waals surface area (Å²) in [5, 5.41) is 11.2. The first-order valence-electron chi connectivity index (χ1n) is 8.46. The molecule has 2 aromatic rings. The van der Waals surface area contributed by atoms with Crippen LogP contribution in [0.1, 0.15) is 26.7 Å². The zero-order chi connectivity index (χ0) is 16.9. The van der Waals surface area contributed by atoms with Gasteiger partial charge in [0.15, 0.2) is 0 Å². The van der Waals surface area contributed by atoms with Crippen LogP contribution in [0.3, 0.4) is 0 Å². The van der Waals surface area contributed by atoms with Crippen molar-refractivity contribution in [3.05, 3.63) is 30.7 Å². The maximum atomic E-state index is 12.2. The molecule has 0 atom stereocenters. The molecule has 3 heterocycles. The van der Waals surface area contributed by atoms with Gasteiger partial charge >= 0.3 is 0 Å². The SMILES string of the molecule is CC(C)N1CCC(NC(=O)Cn2cc(-c3cccnc3)nn2)CC1. The number of carbonyl (C=O) groups is 1. The predicted octanol–water partition coefficient (Wildman–Crippen LogP) is 1.33. The second kappa shape index (κ2) is 7.53. The van der Waals surface area contributed by atoms with E-state index in [1.165, 1.54) is 0 Å². The van der Waals surface area contributed by atoms with Gasteiger partial charge in [-0.25, -0.2) is 4.68 Å². The Hall–Kier alpha value is -2.28. The van der Waals surface area contributed by atoms with E-state index in [-0.39, 0.29) is 18.5 Å². The lowest BCUT2D eigenvalue weighted by atomic mass is 10.0. The normalized spacial score (nSPS) is 16.5. The highest BCUT2D eigenvalue weighted by molar-refractivity contribution is 5.76. The summed E-state index contributed by atoms with van der Waals surface area (Å²) in [7, 11) is 0. The summed E-state index contributed by atoms with van der Waals surface area (Å²) in [6.07, 6.45) is 7.23. The number of aromatic nitrogens is 4. The molecule has 0 radical (unpaired) electrons. The Morgan fingerprint density at radius 2 is 2.17 bits per heavy atom. The number of nitrogens with zero attached hydrogens (tertiary/aromatic N) is 5. The number of carbonyl (C=O) groups excluding carboxylic acids is 1. The Morgan fingerprint density at radius 3 is 2.83 bits per heavy atom. The van der Waals surface area contributed by atoms with Gasteiger partial charge in [-0.15, -0.1) is 5.10 Å². The Morgan fingerprint density at radius 1 is 1.38 bits per heavy atom. The molecule has 7 nitrogen and oxygen atoms in total. The summed E-state index contributed by atoms with van der Waals surface area (Å²) < 4.78 is 1.57. The number of likely N-dealkylation sites (tertiary alicyclic amines) is 1. The highest BCUT2D eigenvalue weighted by atomic mass is 16.2. The molecule has 0 unspecified atom stereocenters. The molecule has 128 valence electrons. The van der Waals surface area contributed by atoms with E-state index in [1.54, 1.807) is 23.3 Å². The summed E-state index contributed by atoms with van der Waals surface area (Å²) >= 11 is 0. The summed E-state index contributed by atoms with van der Waals surface area (Å²) in [4.78, 5) is 18.7. The van der Waals surface area contributed by atoms with Gasteiger partial charge in [-0.3, -0.25) is 9.78 Å². The molecule has 3 rings (SSSR count). The molecule has 0 aromatic carbocycles. The van der Waals surface area contributed by atoms with E-state index in [0.29, 0.717) is 6.04 Å². The van der Waals surface area contributed by atoms with Crippen molar-refractivity contribution in [3.63, 3.8) is 0 Å². The van der Waals surface area contributed by atoms with E-state index in [1.807, 2.05) is 12.1 Å². The van der Waals surface area contributed by atoms with Gasteiger partial charge in [0.25, 0.3) is 0 Å². The van der Waals surface area contributed by atoms with Crippen LogP contribution in [0.4, 0.5) is 0 Å². The van der Waals surface area contributed by atoms with Crippen molar-refractivity contribution in [1.29, 1.82) is 0 Å². The zero-order valence-corrected chi connectivity index (χ0v) is 14.2. The number of pyridine rings is 1. The molecule has 2 aromatic heterocycles. The fraction of sp³-hybridized carbons (Fsp3) is 0.529. The van der Waals surface area contributed by atoms with E-state index < -0.39 is 0 Å². The number of amides is 1. The van der Waals surface area contributed by atoms with Crippen LogP contribution >= 0.6 is 0 Å². The van der Waals surface area contributed by atoms with Gasteiger partial charge in [0.2, 0.25) is 5.91 Å². The summed E-state index contributed by atoms with van der Waals surface area (Å²) in [5.41, 5.74) is 1.62. The molecule has 1 amide bonds. The topological polar surface area (TPSA) is 75.9 Å². The second-order valence-corrected chi connectivity index (χ2v) is 6.51. The molecule has 1 saturated heterocycles. The average molecular weight is 328 g/mol. The first-order valence-corrected chi connectivity index (χ1v) is 8.46. The quantitative estimate of drug-likeness (QED) is 0.896. The third kappa shape index (κ3) is 4.17. The van der Waals surface area contributed by atoms with Gasteiger partial charge in [0.1, 0.15) is 12.2 Å². The van der Waals surface area contributed by atoms with Crippen LogP contribution < -0.4 is 5.32 Å². The lowest BCUT2D eigenvalue weighted by Crippen LogP contribution is -2.47. The fourth-order valence-corrected chi connectivity index (χ4v) is 3.00. The Bertz CT molecular complexity index is 661. The van der Waals surface area contributed by atoms with Gasteiger partial charge in [0, 0.05) is 43.1 Å². The monoisotopic (exact) mass is 328 g/mol. The molecular formula is C17H24N6O.